The van der Waals surface area contributed by atoms with Crippen LogP contribution in [0.2, 0.25) is 0 Å². The highest BCUT2D eigenvalue weighted by Gasteiger charge is 2.63. The lowest BCUT2D eigenvalue weighted by Crippen LogP contribution is -2.44. The summed E-state index contributed by atoms with van der Waals surface area (Å²) in [6, 6.07) is 12.3. The predicted molar refractivity (Wildman–Crippen MR) is 107 cm³/mol. The van der Waals surface area contributed by atoms with Gasteiger partial charge in [0.25, 0.3) is 11.6 Å². The molecule has 2 aromatic rings. The standard InChI is InChI=1S/C21H20N4O5/c1-30-16-9-3-2-8-15(16)18-17-19(23-11-5-10-22(18)23)21(27)24(20(17)26)13-6-4-7-14(12-13)25(28)29/h2-4,6-9,12,17-19H,5,10-11H2,1H3/t17-,18-,19-/m0/s1. The summed E-state index contributed by atoms with van der Waals surface area (Å²) in [6.07, 6.45) is 0.896. The van der Waals surface area contributed by atoms with Crippen molar-refractivity contribution in [1.82, 2.24) is 10.0 Å². The molecule has 2 amide bonds. The number of benzene rings is 2. The molecular weight excluding hydrogens is 388 g/mol. The number of fused-ring (bicyclic) bond motifs is 3. The van der Waals surface area contributed by atoms with Crippen LogP contribution < -0.4 is 9.64 Å². The maximum Gasteiger partial charge on any atom is 0.271 e. The molecule has 3 heterocycles. The van der Waals surface area contributed by atoms with Gasteiger partial charge in [-0.1, -0.05) is 24.3 Å². The number of carbonyl (C=O) groups is 2. The molecule has 30 heavy (non-hydrogen) atoms. The molecule has 9 nitrogen and oxygen atoms in total. The summed E-state index contributed by atoms with van der Waals surface area (Å²) >= 11 is 0. The van der Waals surface area contributed by atoms with E-state index in [-0.39, 0.29) is 29.2 Å². The van der Waals surface area contributed by atoms with Gasteiger partial charge < -0.3 is 4.74 Å². The molecule has 154 valence electrons. The fraction of sp³-hybridized carbons (Fsp3) is 0.333. The zero-order valence-corrected chi connectivity index (χ0v) is 16.3. The lowest BCUT2D eigenvalue weighted by Gasteiger charge is -2.30. The van der Waals surface area contributed by atoms with E-state index >= 15 is 0 Å². The molecule has 0 saturated carbocycles. The number of amides is 2. The van der Waals surface area contributed by atoms with E-state index in [9.17, 15) is 19.7 Å². The van der Waals surface area contributed by atoms with Crippen molar-refractivity contribution >= 4 is 23.2 Å². The van der Waals surface area contributed by atoms with Crippen molar-refractivity contribution in [2.45, 2.75) is 18.5 Å². The molecule has 2 aromatic carbocycles. The maximum atomic E-state index is 13.5. The molecule has 9 heteroatoms. The number of nitro benzene ring substituents is 1. The summed E-state index contributed by atoms with van der Waals surface area (Å²) in [5.74, 6) is -0.608. The van der Waals surface area contributed by atoms with Crippen LogP contribution in [0.15, 0.2) is 48.5 Å². The van der Waals surface area contributed by atoms with E-state index in [0.717, 1.165) is 23.4 Å². The van der Waals surface area contributed by atoms with Crippen molar-refractivity contribution in [3.05, 3.63) is 64.2 Å². The molecule has 0 bridgehead atoms. The Morgan fingerprint density at radius 2 is 1.73 bits per heavy atom. The summed E-state index contributed by atoms with van der Waals surface area (Å²) in [7, 11) is 1.59. The van der Waals surface area contributed by atoms with Crippen molar-refractivity contribution in [2.24, 2.45) is 5.92 Å². The minimum atomic E-state index is -0.617. The van der Waals surface area contributed by atoms with E-state index in [2.05, 4.69) is 5.01 Å². The van der Waals surface area contributed by atoms with Crippen molar-refractivity contribution in [1.29, 1.82) is 0 Å². The van der Waals surface area contributed by atoms with E-state index in [1.807, 2.05) is 29.3 Å². The molecule has 0 unspecified atom stereocenters. The molecule has 3 atom stereocenters. The first-order valence-electron chi connectivity index (χ1n) is 9.81. The number of methoxy groups -OCH3 is 1. The van der Waals surface area contributed by atoms with Crippen molar-refractivity contribution < 1.29 is 19.2 Å². The lowest BCUT2D eigenvalue weighted by atomic mass is 9.89. The number of rotatable bonds is 4. The second-order valence-corrected chi connectivity index (χ2v) is 7.63. The quantitative estimate of drug-likeness (QED) is 0.434. The molecule has 0 aromatic heterocycles. The molecule has 3 fully saturated rings. The minimum absolute atomic E-state index is 0.158. The van der Waals surface area contributed by atoms with E-state index in [0.29, 0.717) is 12.3 Å². The van der Waals surface area contributed by atoms with Crippen molar-refractivity contribution in [3.63, 3.8) is 0 Å². The number of hydrogen-bond donors (Lipinski definition) is 0. The van der Waals surface area contributed by atoms with Crippen LogP contribution in [0.3, 0.4) is 0 Å². The number of imide groups is 1. The molecule has 3 aliphatic rings. The summed E-state index contributed by atoms with van der Waals surface area (Å²) in [6.45, 7) is 1.45. The molecule has 5 rings (SSSR count). The van der Waals surface area contributed by atoms with E-state index in [1.54, 1.807) is 13.2 Å². The van der Waals surface area contributed by atoms with Gasteiger partial charge >= 0.3 is 0 Å². The van der Waals surface area contributed by atoms with Crippen LogP contribution in [0.25, 0.3) is 0 Å². The van der Waals surface area contributed by atoms with Crippen LogP contribution in [0, 0.1) is 16.0 Å². The molecule has 0 N–H and O–H groups in total. The maximum absolute atomic E-state index is 13.5. The van der Waals surface area contributed by atoms with Gasteiger partial charge in [-0.15, -0.1) is 0 Å². The number of anilines is 1. The Hall–Kier alpha value is -3.30. The monoisotopic (exact) mass is 408 g/mol. The highest BCUT2D eigenvalue weighted by molar-refractivity contribution is 6.24. The van der Waals surface area contributed by atoms with E-state index in [1.165, 1.54) is 18.2 Å². The molecular formula is C21H20N4O5. The van der Waals surface area contributed by atoms with Gasteiger partial charge in [0, 0.05) is 30.8 Å². The Labute approximate surface area is 172 Å². The number of hydrogen-bond acceptors (Lipinski definition) is 7. The number of non-ortho nitro benzene ring substituents is 1. The van der Waals surface area contributed by atoms with Crippen LogP contribution in [0.4, 0.5) is 11.4 Å². The summed E-state index contributed by atoms with van der Waals surface area (Å²) < 4.78 is 5.54. The first kappa shape index (κ1) is 18.7. The zero-order chi connectivity index (χ0) is 21.0. The van der Waals surface area contributed by atoms with Gasteiger partial charge in [0.15, 0.2) is 0 Å². The minimum Gasteiger partial charge on any atom is -0.496 e. The van der Waals surface area contributed by atoms with Gasteiger partial charge in [-0.2, -0.15) is 0 Å². The average Bonchev–Trinajstić information content (AvgIpc) is 3.40. The highest BCUT2D eigenvalue weighted by atomic mass is 16.6. The van der Waals surface area contributed by atoms with E-state index < -0.39 is 16.9 Å². The SMILES string of the molecule is COc1ccccc1[C@H]1[C@@H]2C(=O)N(c3cccc([N+](=O)[O-])c3)C(=O)[C@H]2N2CCCN12. The van der Waals surface area contributed by atoms with Gasteiger partial charge in [0.05, 0.1) is 29.7 Å². The number of carbonyl (C=O) groups excluding carboxylic acids is 2. The van der Waals surface area contributed by atoms with Crippen LogP contribution in [0.1, 0.15) is 18.0 Å². The first-order chi connectivity index (χ1) is 14.5. The second kappa shape index (κ2) is 6.89. The fourth-order valence-corrected chi connectivity index (χ4v) is 5.00. The third kappa shape index (κ3) is 2.55. The fourth-order valence-electron chi connectivity index (χ4n) is 5.00. The number of ether oxygens (including phenoxy) is 1. The molecule has 3 saturated heterocycles. The molecule has 0 radical (unpaired) electrons. The number of nitrogens with zero attached hydrogens (tertiary/aromatic N) is 4. The van der Waals surface area contributed by atoms with Crippen LogP contribution in [-0.4, -0.2) is 53.0 Å². The zero-order valence-electron chi connectivity index (χ0n) is 16.3. The number of nitro groups is 1. The summed E-state index contributed by atoms with van der Waals surface area (Å²) in [5, 5.41) is 15.3. The van der Waals surface area contributed by atoms with Gasteiger partial charge in [0.2, 0.25) is 5.91 Å². The Morgan fingerprint density at radius 3 is 2.47 bits per heavy atom. The summed E-state index contributed by atoms with van der Waals surface area (Å²) in [4.78, 5) is 38.7. The normalized spacial score (nSPS) is 26.2. The smallest absolute Gasteiger partial charge is 0.271 e. The topological polar surface area (TPSA) is 96.2 Å². The number of para-hydroxylation sites is 1. The Bertz CT molecular complexity index is 1060. The lowest BCUT2D eigenvalue weighted by molar-refractivity contribution is -0.384. The van der Waals surface area contributed by atoms with Gasteiger partial charge in [-0.25, -0.2) is 14.9 Å². The Kier molecular flexibility index (Phi) is 4.30. The predicted octanol–water partition coefficient (Wildman–Crippen LogP) is 2.14. The van der Waals surface area contributed by atoms with Crippen molar-refractivity contribution in [2.75, 3.05) is 25.1 Å². The third-order valence-corrected chi connectivity index (χ3v) is 6.16. The van der Waals surface area contributed by atoms with Crippen LogP contribution >= 0.6 is 0 Å². The Morgan fingerprint density at radius 1 is 1.00 bits per heavy atom. The third-order valence-electron chi connectivity index (χ3n) is 6.16. The summed E-state index contributed by atoms with van der Waals surface area (Å²) in [5.41, 5.74) is 0.939. The van der Waals surface area contributed by atoms with Gasteiger partial charge in [-0.05, 0) is 18.6 Å². The largest absolute Gasteiger partial charge is 0.496 e. The molecule has 0 spiro atoms. The number of hydrazine groups is 1. The van der Waals surface area contributed by atoms with E-state index in [4.69, 9.17) is 4.74 Å². The van der Waals surface area contributed by atoms with Crippen LogP contribution in [0.5, 0.6) is 5.75 Å². The van der Waals surface area contributed by atoms with Gasteiger partial charge in [-0.3, -0.25) is 19.7 Å². The van der Waals surface area contributed by atoms with Crippen LogP contribution in [-0.2, 0) is 9.59 Å². The van der Waals surface area contributed by atoms with Gasteiger partial charge in [0.1, 0.15) is 11.8 Å². The average molecular weight is 408 g/mol. The van der Waals surface area contributed by atoms with Crippen molar-refractivity contribution in [3.8, 4) is 5.75 Å². The second-order valence-electron chi connectivity index (χ2n) is 7.63. The molecule has 3 aliphatic heterocycles. The molecule has 0 aliphatic carbocycles. The highest BCUT2D eigenvalue weighted by Crippen LogP contribution is 2.50. The first-order valence-corrected chi connectivity index (χ1v) is 9.81. The Balaban J connectivity index is 1.60.